The SMILES string of the molecule is CC(C)c1cn(C(C)C)c2cc(F)ccc12. The summed E-state index contributed by atoms with van der Waals surface area (Å²) in [4.78, 5) is 0. The normalized spacial score (nSPS) is 11.9. The maximum atomic E-state index is 13.3. The largest absolute Gasteiger partial charge is 0.345 e. The van der Waals surface area contributed by atoms with Crippen molar-refractivity contribution in [2.45, 2.75) is 39.7 Å². The Labute approximate surface area is 95.9 Å². The Kier molecular flexibility index (Phi) is 2.75. The van der Waals surface area contributed by atoms with Crippen molar-refractivity contribution < 1.29 is 4.39 Å². The fraction of sp³-hybridized carbons (Fsp3) is 0.429. The van der Waals surface area contributed by atoms with Crippen LogP contribution in [0.4, 0.5) is 4.39 Å². The van der Waals surface area contributed by atoms with Gasteiger partial charge in [-0.1, -0.05) is 13.8 Å². The minimum atomic E-state index is -0.164. The van der Waals surface area contributed by atoms with Gasteiger partial charge in [-0.05, 0) is 43.5 Å². The first-order valence-corrected chi connectivity index (χ1v) is 5.80. The average Bonchev–Trinajstić information content (AvgIpc) is 2.56. The summed E-state index contributed by atoms with van der Waals surface area (Å²) in [6, 6.07) is 5.41. The van der Waals surface area contributed by atoms with Gasteiger partial charge in [0.1, 0.15) is 5.82 Å². The molecular weight excluding hydrogens is 201 g/mol. The Morgan fingerprint density at radius 2 is 1.81 bits per heavy atom. The summed E-state index contributed by atoms with van der Waals surface area (Å²) in [5.41, 5.74) is 2.29. The highest BCUT2D eigenvalue weighted by atomic mass is 19.1. The topological polar surface area (TPSA) is 4.93 Å². The van der Waals surface area contributed by atoms with Crippen molar-refractivity contribution in [3.63, 3.8) is 0 Å². The number of fused-ring (bicyclic) bond motifs is 1. The molecule has 2 aromatic rings. The second kappa shape index (κ2) is 3.93. The molecule has 0 saturated heterocycles. The summed E-state index contributed by atoms with van der Waals surface area (Å²) in [5, 5.41) is 1.17. The molecule has 0 aliphatic carbocycles. The zero-order valence-corrected chi connectivity index (χ0v) is 10.3. The minimum Gasteiger partial charge on any atom is -0.345 e. The Morgan fingerprint density at radius 1 is 1.12 bits per heavy atom. The van der Waals surface area contributed by atoms with Gasteiger partial charge in [0.15, 0.2) is 0 Å². The minimum absolute atomic E-state index is 0.164. The number of aromatic nitrogens is 1. The van der Waals surface area contributed by atoms with E-state index in [9.17, 15) is 4.39 Å². The molecule has 0 bridgehead atoms. The lowest BCUT2D eigenvalue weighted by atomic mass is 10.0. The van der Waals surface area contributed by atoms with E-state index >= 15 is 0 Å². The second-order valence-corrected chi connectivity index (χ2v) is 4.90. The first kappa shape index (κ1) is 11.2. The quantitative estimate of drug-likeness (QED) is 0.701. The number of hydrogen-bond acceptors (Lipinski definition) is 0. The zero-order valence-electron chi connectivity index (χ0n) is 10.3. The number of hydrogen-bond donors (Lipinski definition) is 0. The molecule has 0 amide bonds. The molecule has 0 radical (unpaired) electrons. The van der Waals surface area contributed by atoms with E-state index < -0.39 is 0 Å². The molecule has 1 heterocycles. The lowest BCUT2D eigenvalue weighted by Gasteiger charge is -2.08. The van der Waals surface area contributed by atoms with Crippen LogP contribution in [0.1, 0.15) is 45.2 Å². The van der Waals surface area contributed by atoms with Crippen molar-refractivity contribution >= 4 is 10.9 Å². The maximum Gasteiger partial charge on any atom is 0.125 e. The summed E-state index contributed by atoms with van der Waals surface area (Å²) in [6.45, 7) is 8.58. The van der Waals surface area contributed by atoms with Crippen molar-refractivity contribution in [3.8, 4) is 0 Å². The lowest BCUT2D eigenvalue weighted by Crippen LogP contribution is -1.98. The van der Waals surface area contributed by atoms with Gasteiger partial charge in [0.05, 0.1) is 5.52 Å². The van der Waals surface area contributed by atoms with Crippen LogP contribution in [0.2, 0.25) is 0 Å². The van der Waals surface area contributed by atoms with Gasteiger partial charge >= 0.3 is 0 Å². The van der Waals surface area contributed by atoms with Crippen LogP contribution in [0.5, 0.6) is 0 Å². The van der Waals surface area contributed by atoms with Gasteiger partial charge in [-0.3, -0.25) is 0 Å². The van der Waals surface area contributed by atoms with Crippen molar-refractivity contribution in [2.24, 2.45) is 0 Å². The molecule has 0 saturated carbocycles. The van der Waals surface area contributed by atoms with Crippen molar-refractivity contribution in [1.29, 1.82) is 0 Å². The second-order valence-electron chi connectivity index (χ2n) is 4.90. The maximum absolute atomic E-state index is 13.3. The van der Waals surface area contributed by atoms with Crippen LogP contribution in [-0.4, -0.2) is 4.57 Å². The first-order valence-electron chi connectivity index (χ1n) is 5.80. The first-order chi connectivity index (χ1) is 7.50. The fourth-order valence-electron chi connectivity index (χ4n) is 2.14. The molecule has 2 heteroatoms. The predicted molar refractivity (Wildman–Crippen MR) is 66.4 cm³/mol. The molecule has 86 valence electrons. The molecule has 1 aromatic heterocycles. The molecule has 0 unspecified atom stereocenters. The number of halogens is 1. The molecule has 1 nitrogen and oxygen atoms in total. The zero-order chi connectivity index (χ0) is 11.9. The molecule has 0 aliphatic rings. The van der Waals surface area contributed by atoms with Crippen LogP contribution in [0.15, 0.2) is 24.4 Å². The highest BCUT2D eigenvalue weighted by Gasteiger charge is 2.13. The third-order valence-corrected chi connectivity index (χ3v) is 3.01. The fourth-order valence-corrected chi connectivity index (χ4v) is 2.14. The van der Waals surface area contributed by atoms with E-state index in [1.807, 2.05) is 6.07 Å². The van der Waals surface area contributed by atoms with Gasteiger partial charge < -0.3 is 4.57 Å². The Balaban J connectivity index is 2.76. The summed E-state index contributed by atoms with van der Waals surface area (Å²) < 4.78 is 15.4. The van der Waals surface area contributed by atoms with Crippen LogP contribution in [0.3, 0.4) is 0 Å². The molecule has 0 atom stereocenters. The van der Waals surface area contributed by atoms with E-state index in [1.54, 1.807) is 12.1 Å². The summed E-state index contributed by atoms with van der Waals surface area (Å²) in [7, 11) is 0. The highest BCUT2D eigenvalue weighted by Crippen LogP contribution is 2.30. The molecule has 16 heavy (non-hydrogen) atoms. The van der Waals surface area contributed by atoms with Crippen LogP contribution in [0.25, 0.3) is 10.9 Å². The molecule has 2 rings (SSSR count). The summed E-state index contributed by atoms with van der Waals surface area (Å²) in [5.74, 6) is 0.302. The molecule has 0 fully saturated rings. The average molecular weight is 219 g/mol. The van der Waals surface area contributed by atoms with Crippen LogP contribution < -0.4 is 0 Å². The predicted octanol–water partition coefficient (Wildman–Crippen LogP) is 4.48. The van der Waals surface area contributed by atoms with Crippen molar-refractivity contribution in [3.05, 3.63) is 35.8 Å². The van der Waals surface area contributed by atoms with E-state index in [2.05, 4.69) is 38.5 Å². The van der Waals surface area contributed by atoms with E-state index in [4.69, 9.17) is 0 Å². The van der Waals surface area contributed by atoms with E-state index in [-0.39, 0.29) is 5.82 Å². The molecule has 0 spiro atoms. The molecular formula is C14H18FN. The van der Waals surface area contributed by atoms with E-state index in [0.29, 0.717) is 12.0 Å². The smallest absolute Gasteiger partial charge is 0.125 e. The lowest BCUT2D eigenvalue weighted by molar-refractivity contribution is 0.610. The molecule has 1 aromatic carbocycles. The summed E-state index contributed by atoms with van der Waals surface area (Å²) in [6.07, 6.45) is 2.15. The molecule has 0 aliphatic heterocycles. The van der Waals surface area contributed by atoms with Crippen LogP contribution in [0, 0.1) is 5.82 Å². The highest BCUT2D eigenvalue weighted by molar-refractivity contribution is 5.84. The Morgan fingerprint density at radius 3 is 2.38 bits per heavy atom. The van der Waals surface area contributed by atoms with E-state index in [1.165, 1.54) is 10.9 Å². The number of nitrogens with zero attached hydrogens (tertiary/aromatic N) is 1. The van der Waals surface area contributed by atoms with Crippen molar-refractivity contribution in [2.75, 3.05) is 0 Å². The third-order valence-electron chi connectivity index (χ3n) is 3.01. The monoisotopic (exact) mass is 219 g/mol. The molecule has 0 N–H and O–H groups in total. The third kappa shape index (κ3) is 1.73. The van der Waals surface area contributed by atoms with Crippen LogP contribution in [-0.2, 0) is 0 Å². The van der Waals surface area contributed by atoms with Gasteiger partial charge in [0.25, 0.3) is 0 Å². The Bertz CT molecular complexity index is 509. The van der Waals surface area contributed by atoms with Gasteiger partial charge in [-0.25, -0.2) is 4.39 Å². The van der Waals surface area contributed by atoms with Crippen LogP contribution >= 0.6 is 0 Å². The summed E-state index contributed by atoms with van der Waals surface area (Å²) >= 11 is 0. The van der Waals surface area contributed by atoms with E-state index in [0.717, 1.165) is 5.52 Å². The number of rotatable bonds is 2. The van der Waals surface area contributed by atoms with Gasteiger partial charge in [-0.2, -0.15) is 0 Å². The van der Waals surface area contributed by atoms with Gasteiger partial charge in [-0.15, -0.1) is 0 Å². The standard InChI is InChI=1S/C14H18FN/c1-9(2)13-8-16(10(3)4)14-7-11(15)5-6-12(13)14/h5-10H,1-4H3. The van der Waals surface area contributed by atoms with Gasteiger partial charge in [0.2, 0.25) is 0 Å². The number of benzene rings is 1. The van der Waals surface area contributed by atoms with Crippen molar-refractivity contribution in [1.82, 2.24) is 4.57 Å². The van der Waals surface area contributed by atoms with Gasteiger partial charge in [0, 0.05) is 17.6 Å². The Hall–Kier alpha value is -1.31.